The minimum Gasteiger partial charge on any atom is -0.497 e. The van der Waals surface area contributed by atoms with Gasteiger partial charge in [0.05, 0.1) is 7.11 Å². The van der Waals surface area contributed by atoms with Gasteiger partial charge in [-0.1, -0.05) is 25.0 Å². The predicted molar refractivity (Wildman–Crippen MR) is 108 cm³/mol. The monoisotopic (exact) mass is 399 g/mol. The number of aromatic nitrogens is 2. The number of thioether (sulfide) groups is 1. The highest BCUT2D eigenvalue weighted by molar-refractivity contribution is 7.99. The lowest BCUT2D eigenvalue weighted by Crippen LogP contribution is -2.20. The van der Waals surface area contributed by atoms with Crippen molar-refractivity contribution in [3.63, 3.8) is 0 Å². The number of carbonyl (C=O) groups is 1. The first-order valence-electron chi connectivity index (χ1n) is 8.71. The highest BCUT2D eigenvalue weighted by atomic mass is 32.2. The van der Waals surface area contributed by atoms with E-state index in [1.807, 2.05) is 24.3 Å². The highest BCUT2D eigenvalue weighted by Gasteiger charge is 2.13. The Kier molecular flexibility index (Phi) is 6.54. The number of hydrogen-bond acceptors (Lipinski definition) is 7. The van der Waals surface area contributed by atoms with Crippen LogP contribution in [0.4, 0.5) is 6.01 Å². The van der Waals surface area contributed by atoms with Crippen LogP contribution in [0, 0.1) is 0 Å². The van der Waals surface area contributed by atoms with Crippen molar-refractivity contribution in [2.45, 2.75) is 24.0 Å². The molecule has 0 aliphatic heterocycles. The quantitative estimate of drug-likeness (QED) is 0.566. The van der Waals surface area contributed by atoms with Gasteiger partial charge in [-0.25, -0.2) is 0 Å². The minimum atomic E-state index is -0.393. The van der Waals surface area contributed by atoms with Crippen LogP contribution < -0.4 is 14.8 Å². The van der Waals surface area contributed by atoms with Gasteiger partial charge in [0.15, 0.2) is 6.61 Å². The van der Waals surface area contributed by atoms with Crippen LogP contribution in [-0.4, -0.2) is 35.1 Å². The molecule has 0 saturated heterocycles. The first kappa shape index (κ1) is 19.8. The summed E-state index contributed by atoms with van der Waals surface area (Å²) in [5.74, 6) is 1.22. The van der Waals surface area contributed by atoms with Crippen molar-refractivity contribution < 1.29 is 18.7 Å². The highest BCUT2D eigenvalue weighted by Crippen LogP contribution is 2.28. The molecule has 3 rings (SSSR count). The zero-order chi connectivity index (χ0) is 19.9. The molecular weight excluding hydrogens is 378 g/mol. The standard InChI is InChI=1S/C20H21N3O4S/c1-13(2)28-17-6-4-5-14(11-17)19-22-23-20(27-19)21-18(24)12-26-16-9-7-15(25-3)8-10-16/h4-11,13H,12H2,1-3H3,(H,21,23,24). The summed E-state index contributed by atoms with van der Waals surface area (Å²) in [6, 6.07) is 14.8. The van der Waals surface area contributed by atoms with Crippen LogP contribution in [0.3, 0.4) is 0 Å². The fraction of sp³-hybridized carbons (Fsp3) is 0.250. The van der Waals surface area contributed by atoms with Crippen LogP contribution in [0.2, 0.25) is 0 Å². The first-order valence-corrected chi connectivity index (χ1v) is 9.59. The molecule has 0 bridgehead atoms. The molecule has 2 aromatic carbocycles. The lowest BCUT2D eigenvalue weighted by atomic mass is 10.2. The van der Waals surface area contributed by atoms with Crippen molar-refractivity contribution in [2.24, 2.45) is 0 Å². The van der Waals surface area contributed by atoms with Gasteiger partial charge in [-0.05, 0) is 42.5 Å². The number of amides is 1. The number of hydrogen-bond donors (Lipinski definition) is 1. The van der Waals surface area contributed by atoms with E-state index in [1.54, 1.807) is 43.1 Å². The Morgan fingerprint density at radius 1 is 1.14 bits per heavy atom. The molecule has 0 aliphatic rings. The topological polar surface area (TPSA) is 86.5 Å². The van der Waals surface area contributed by atoms with E-state index in [4.69, 9.17) is 13.9 Å². The van der Waals surface area contributed by atoms with E-state index in [9.17, 15) is 4.79 Å². The molecule has 8 heteroatoms. The normalized spacial score (nSPS) is 10.7. The molecule has 0 radical (unpaired) electrons. The van der Waals surface area contributed by atoms with Crippen LogP contribution in [-0.2, 0) is 4.79 Å². The first-order chi connectivity index (χ1) is 13.5. The SMILES string of the molecule is COc1ccc(OCC(=O)Nc2nnc(-c3cccc(SC(C)C)c3)o2)cc1. The molecule has 1 N–H and O–H groups in total. The van der Waals surface area contributed by atoms with Crippen LogP contribution in [0.25, 0.3) is 11.5 Å². The minimum absolute atomic E-state index is 0.0280. The zero-order valence-electron chi connectivity index (χ0n) is 15.8. The number of carbonyl (C=O) groups excluding carboxylic acids is 1. The molecular formula is C20H21N3O4S. The Morgan fingerprint density at radius 2 is 1.89 bits per heavy atom. The molecule has 1 aromatic heterocycles. The third kappa shape index (κ3) is 5.50. The van der Waals surface area contributed by atoms with Gasteiger partial charge in [0.1, 0.15) is 11.5 Å². The van der Waals surface area contributed by atoms with E-state index in [1.165, 1.54) is 0 Å². The van der Waals surface area contributed by atoms with E-state index < -0.39 is 5.91 Å². The van der Waals surface area contributed by atoms with Crippen LogP contribution in [0.1, 0.15) is 13.8 Å². The Bertz CT molecular complexity index is 925. The molecule has 1 amide bonds. The van der Waals surface area contributed by atoms with Gasteiger partial charge < -0.3 is 13.9 Å². The Morgan fingerprint density at radius 3 is 2.61 bits per heavy atom. The summed E-state index contributed by atoms with van der Waals surface area (Å²) in [7, 11) is 1.58. The van der Waals surface area contributed by atoms with Gasteiger partial charge >= 0.3 is 6.01 Å². The molecule has 7 nitrogen and oxygen atoms in total. The molecule has 28 heavy (non-hydrogen) atoms. The molecule has 146 valence electrons. The van der Waals surface area contributed by atoms with Gasteiger partial charge in [0, 0.05) is 15.7 Å². The summed E-state index contributed by atoms with van der Waals surface area (Å²) in [6.07, 6.45) is 0. The summed E-state index contributed by atoms with van der Waals surface area (Å²) in [4.78, 5) is 13.2. The molecule has 0 atom stereocenters. The summed E-state index contributed by atoms with van der Waals surface area (Å²) in [5, 5.41) is 10.9. The van der Waals surface area contributed by atoms with Gasteiger partial charge in [0.25, 0.3) is 5.91 Å². The summed E-state index contributed by atoms with van der Waals surface area (Å²) in [6.45, 7) is 4.09. The smallest absolute Gasteiger partial charge is 0.322 e. The summed E-state index contributed by atoms with van der Waals surface area (Å²) >= 11 is 1.75. The van der Waals surface area contributed by atoms with Gasteiger partial charge in [-0.15, -0.1) is 16.9 Å². The van der Waals surface area contributed by atoms with Crippen LogP contribution in [0.15, 0.2) is 57.8 Å². The number of nitrogens with zero attached hydrogens (tertiary/aromatic N) is 2. The Labute approximate surface area is 167 Å². The second-order valence-electron chi connectivity index (χ2n) is 6.12. The van der Waals surface area contributed by atoms with Crippen molar-refractivity contribution >= 4 is 23.7 Å². The van der Waals surface area contributed by atoms with Crippen molar-refractivity contribution in [1.29, 1.82) is 0 Å². The summed E-state index contributed by atoms with van der Waals surface area (Å²) in [5.41, 5.74) is 0.799. The average molecular weight is 399 g/mol. The maximum Gasteiger partial charge on any atom is 0.322 e. The Hall–Kier alpha value is -3.00. The number of ether oxygens (including phenoxy) is 2. The zero-order valence-corrected chi connectivity index (χ0v) is 16.7. The van der Waals surface area contributed by atoms with Crippen molar-refractivity contribution in [3.05, 3.63) is 48.5 Å². The lowest BCUT2D eigenvalue weighted by molar-refractivity contribution is -0.118. The van der Waals surface area contributed by atoms with Crippen molar-refractivity contribution in [3.8, 4) is 23.0 Å². The third-order valence-corrected chi connectivity index (χ3v) is 4.55. The van der Waals surface area contributed by atoms with E-state index >= 15 is 0 Å². The van der Waals surface area contributed by atoms with E-state index in [0.29, 0.717) is 22.6 Å². The molecule has 1 heterocycles. The number of rotatable bonds is 8. The third-order valence-electron chi connectivity index (χ3n) is 3.55. The molecule has 0 unspecified atom stereocenters. The number of nitrogens with one attached hydrogen (secondary N) is 1. The second-order valence-corrected chi connectivity index (χ2v) is 7.77. The fourth-order valence-corrected chi connectivity index (χ4v) is 3.24. The van der Waals surface area contributed by atoms with E-state index in [2.05, 4.69) is 29.4 Å². The number of benzene rings is 2. The number of methoxy groups -OCH3 is 1. The molecule has 0 fully saturated rings. The maximum atomic E-state index is 12.0. The molecule has 0 saturated carbocycles. The predicted octanol–water partition coefficient (Wildman–Crippen LogP) is 4.26. The lowest BCUT2D eigenvalue weighted by Gasteiger charge is -2.06. The summed E-state index contributed by atoms with van der Waals surface area (Å²) < 4.78 is 16.0. The Balaban J connectivity index is 1.57. The molecule has 0 aliphatic carbocycles. The van der Waals surface area contributed by atoms with Crippen LogP contribution in [0.5, 0.6) is 11.5 Å². The van der Waals surface area contributed by atoms with E-state index in [-0.39, 0.29) is 12.6 Å². The van der Waals surface area contributed by atoms with Crippen molar-refractivity contribution in [1.82, 2.24) is 10.2 Å². The average Bonchev–Trinajstić information content (AvgIpc) is 3.15. The molecule has 3 aromatic rings. The number of anilines is 1. The van der Waals surface area contributed by atoms with Crippen molar-refractivity contribution in [2.75, 3.05) is 19.0 Å². The fourth-order valence-electron chi connectivity index (χ4n) is 2.34. The second kappa shape index (κ2) is 9.27. The molecule has 0 spiro atoms. The van der Waals surface area contributed by atoms with Crippen LogP contribution >= 0.6 is 11.8 Å². The maximum absolute atomic E-state index is 12.0. The van der Waals surface area contributed by atoms with E-state index in [0.717, 1.165) is 10.5 Å². The largest absolute Gasteiger partial charge is 0.497 e. The van der Waals surface area contributed by atoms with Gasteiger partial charge in [-0.2, -0.15) is 0 Å². The van der Waals surface area contributed by atoms with Gasteiger partial charge in [0.2, 0.25) is 5.89 Å². The van der Waals surface area contributed by atoms with Gasteiger partial charge in [-0.3, -0.25) is 10.1 Å².